The summed E-state index contributed by atoms with van der Waals surface area (Å²) in [6.45, 7) is 0. The first-order valence-electron chi connectivity index (χ1n) is 4.50. The zero-order valence-electron chi connectivity index (χ0n) is 7.29. The SMILES string of the molecule is O=C(CC1CCC1)Nc1ncn[nH]1. The highest BCUT2D eigenvalue weighted by Crippen LogP contribution is 2.29. The van der Waals surface area contributed by atoms with E-state index in [2.05, 4.69) is 20.5 Å². The van der Waals surface area contributed by atoms with Gasteiger partial charge in [0.2, 0.25) is 11.9 Å². The molecule has 70 valence electrons. The summed E-state index contributed by atoms with van der Waals surface area (Å²) in [7, 11) is 0. The van der Waals surface area contributed by atoms with Crippen LogP contribution in [0.3, 0.4) is 0 Å². The fourth-order valence-corrected chi connectivity index (χ4v) is 1.41. The van der Waals surface area contributed by atoms with Gasteiger partial charge in [-0.2, -0.15) is 10.1 Å². The highest BCUT2D eigenvalue weighted by atomic mass is 16.1. The average molecular weight is 180 g/mol. The third-order valence-corrected chi connectivity index (χ3v) is 2.37. The monoisotopic (exact) mass is 180 g/mol. The number of aromatic nitrogens is 3. The second kappa shape index (κ2) is 3.55. The van der Waals surface area contributed by atoms with E-state index in [0.29, 0.717) is 18.3 Å². The second-order valence-electron chi connectivity index (χ2n) is 3.38. The van der Waals surface area contributed by atoms with Gasteiger partial charge in [-0.25, -0.2) is 5.10 Å². The number of carbonyl (C=O) groups excluding carboxylic acids is 1. The van der Waals surface area contributed by atoms with Crippen LogP contribution in [0.5, 0.6) is 0 Å². The van der Waals surface area contributed by atoms with Crippen molar-refractivity contribution in [2.45, 2.75) is 25.7 Å². The van der Waals surface area contributed by atoms with Gasteiger partial charge in [0.15, 0.2) is 0 Å². The molecule has 1 aliphatic rings. The van der Waals surface area contributed by atoms with Gasteiger partial charge in [0.25, 0.3) is 0 Å². The Morgan fingerprint density at radius 3 is 3.08 bits per heavy atom. The lowest BCUT2D eigenvalue weighted by Crippen LogP contribution is -2.21. The van der Waals surface area contributed by atoms with Gasteiger partial charge in [-0.1, -0.05) is 6.42 Å². The predicted molar refractivity (Wildman–Crippen MR) is 47.0 cm³/mol. The summed E-state index contributed by atoms with van der Waals surface area (Å²) in [4.78, 5) is 15.1. The van der Waals surface area contributed by atoms with Gasteiger partial charge in [0.1, 0.15) is 6.33 Å². The van der Waals surface area contributed by atoms with Crippen molar-refractivity contribution in [1.29, 1.82) is 0 Å². The first kappa shape index (κ1) is 8.22. The van der Waals surface area contributed by atoms with E-state index in [9.17, 15) is 4.79 Å². The van der Waals surface area contributed by atoms with Crippen molar-refractivity contribution in [1.82, 2.24) is 15.2 Å². The van der Waals surface area contributed by atoms with Crippen LogP contribution in [0.15, 0.2) is 6.33 Å². The topological polar surface area (TPSA) is 70.7 Å². The number of hydrogen-bond acceptors (Lipinski definition) is 3. The Labute approximate surface area is 75.9 Å². The highest BCUT2D eigenvalue weighted by molar-refractivity contribution is 5.89. The summed E-state index contributed by atoms with van der Waals surface area (Å²) in [5.74, 6) is 1.05. The molecule has 0 radical (unpaired) electrons. The third kappa shape index (κ3) is 2.05. The van der Waals surface area contributed by atoms with E-state index in [-0.39, 0.29) is 5.91 Å². The number of H-pyrrole nitrogens is 1. The van der Waals surface area contributed by atoms with Crippen LogP contribution in [0, 0.1) is 5.92 Å². The zero-order chi connectivity index (χ0) is 9.10. The number of anilines is 1. The van der Waals surface area contributed by atoms with Crippen molar-refractivity contribution in [3.05, 3.63) is 6.33 Å². The van der Waals surface area contributed by atoms with E-state index in [1.165, 1.54) is 25.6 Å². The number of nitrogens with zero attached hydrogens (tertiary/aromatic N) is 2. The normalized spacial score (nSPS) is 16.6. The van der Waals surface area contributed by atoms with Crippen LogP contribution in [0.1, 0.15) is 25.7 Å². The van der Waals surface area contributed by atoms with E-state index in [0.717, 1.165) is 0 Å². The Hall–Kier alpha value is -1.39. The van der Waals surface area contributed by atoms with Crippen molar-refractivity contribution < 1.29 is 4.79 Å². The Morgan fingerprint density at radius 1 is 1.69 bits per heavy atom. The van der Waals surface area contributed by atoms with Gasteiger partial charge in [0, 0.05) is 6.42 Å². The molecule has 1 heterocycles. The van der Waals surface area contributed by atoms with Crippen molar-refractivity contribution >= 4 is 11.9 Å². The first-order valence-corrected chi connectivity index (χ1v) is 4.50. The zero-order valence-corrected chi connectivity index (χ0v) is 7.29. The summed E-state index contributed by atoms with van der Waals surface area (Å²) >= 11 is 0. The van der Waals surface area contributed by atoms with Gasteiger partial charge in [-0.15, -0.1) is 0 Å². The van der Waals surface area contributed by atoms with E-state index in [1.807, 2.05) is 0 Å². The molecule has 0 saturated heterocycles. The molecule has 2 rings (SSSR count). The number of nitrogens with one attached hydrogen (secondary N) is 2. The maximum absolute atomic E-state index is 11.3. The average Bonchev–Trinajstić information content (AvgIpc) is 2.49. The van der Waals surface area contributed by atoms with Crippen molar-refractivity contribution in [2.75, 3.05) is 5.32 Å². The molecule has 1 aliphatic carbocycles. The Balaban J connectivity index is 1.78. The van der Waals surface area contributed by atoms with Crippen LogP contribution in [-0.4, -0.2) is 21.1 Å². The lowest BCUT2D eigenvalue weighted by atomic mass is 9.83. The second-order valence-corrected chi connectivity index (χ2v) is 3.38. The van der Waals surface area contributed by atoms with Crippen LogP contribution in [-0.2, 0) is 4.79 Å². The summed E-state index contributed by atoms with van der Waals surface area (Å²) < 4.78 is 0. The molecule has 5 heteroatoms. The quantitative estimate of drug-likeness (QED) is 0.727. The summed E-state index contributed by atoms with van der Waals surface area (Å²) in [5, 5.41) is 8.87. The van der Waals surface area contributed by atoms with Crippen molar-refractivity contribution in [2.24, 2.45) is 5.92 Å². The lowest BCUT2D eigenvalue weighted by molar-refractivity contribution is -0.117. The van der Waals surface area contributed by atoms with Gasteiger partial charge in [-0.3, -0.25) is 10.1 Å². The molecular formula is C8H12N4O. The summed E-state index contributed by atoms with van der Waals surface area (Å²) in [6, 6.07) is 0. The minimum absolute atomic E-state index is 0.0291. The molecule has 0 unspecified atom stereocenters. The molecule has 0 aromatic carbocycles. The van der Waals surface area contributed by atoms with Crippen LogP contribution < -0.4 is 5.32 Å². The van der Waals surface area contributed by atoms with E-state index in [4.69, 9.17) is 0 Å². The van der Waals surface area contributed by atoms with Gasteiger partial charge >= 0.3 is 0 Å². The largest absolute Gasteiger partial charge is 0.295 e. The molecule has 13 heavy (non-hydrogen) atoms. The Morgan fingerprint density at radius 2 is 2.54 bits per heavy atom. The number of aromatic amines is 1. The standard InChI is InChI=1S/C8H12N4O/c13-7(4-6-2-1-3-6)11-8-9-5-10-12-8/h5-6H,1-4H2,(H2,9,10,11,12,13). The Kier molecular flexibility index (Phi) is 2.25. The smallest absolute Gasteiger partial charge is 0.226 e. The maximum atomic E-state index is 11.3. The number of carbonyl (C=O) groups is 1. The number of rotatable bonds is 3. The van der Waals surface area contributed by atoms with Crippen LogP contribution in [0.4, 0.5) is 5.95 Å². The molecule has 0 spiro atoms. The van der Waals surface area contributed by atoms with E-state index in [1.54, 1.807) is 0 Å². The van der Waals surface area contributed by atoms with E-state index >= 15 is 0 Å². The number of amides is 1. The molecule has 0 bridgehead atoms. The fourth-order valence-electron chi connectivity index (χ4n) is 1.41. The molecule has 1 aromatic rings. The molecular weight excluding hydrogens is 168 g/mol. The predicted octanol–water partition coefficient (Wildman–Crippen LogP) is 0.933. The van der Waals surface area contributed by atoms with Crippen LogP contribution >= 0.6 is 0 Å². The molecule has 2 N–H and O–H groups in total. The van der Waals surface area contributed by atoms with Crippen molar-refractivity contribution in [3.8, 4) is 0 Å². The fraction of sp³-hybridized carbons (Fsp3) is 0.625. The maximum Gasteiger partial charge on any atom is 0.226 e. The molecule has 0 atom stereocenters. The van der Waals surface area contributed by atoms with Gasteiger partial charge < -0.3 is 0 Å². The first-order chi connectivity index (χ1) is 6.34. The minimum Gasteiger partial charge on any atom is -0.295 e. The molecule has 5 nitrogen and oxygen atoms in total. The third-order valence-electron chi connectivity index (χ3n) is 2.37. The highest BCUT2D eigenvalue weighted by Gasteiger charge is 2.20. The van der Waals surface area contributed by atoms with E-state index < -0.39 is 0 Å². The van der Waals surface area contributed by atoms with Gasteiger partial charge in [0.05, 0.1) is 0 Å². The summed E-state index contributed by atoms with van der Waals surface area (Å²) in [5.41, 5.74) is 0. The number of hydrogen-bond donors (Lipinski definition) is 2. The molecule has 0 aliphatic heterocycles. The van der Waals surface area contributed by atoms with Crippen LogP contribution in [0.2, 0.25) is 0 Å². The molecule has 1 saturated carbocycles. The Bertz CT molecular complexity index is 278. The minimum atomic E-state index is 0.0291. The lowest BCUT2D eigenvalue weighted by Gasteiger charge is -2.24. The molecule has 1 fully saturated rings. The summed E-state index contributed by atoms with van der Waals surface area (Å²) in [6.07, 6.45) is 5.62. The van der Waals surface area contributed by atoms with Crippen LogP contribution in [0.25, 0.3) is 0 Å². The molecule has 1 aromatic heterocycles. The molecule has 1 amide bonds. The van der Waals surface area contributed by atoms with Crippen molar-refractivity contribution in [3.63, 3.8) is 0 Å². The van der Waals surface area contributed by atoms with Gasteiger partial charge in [-0.05, 0) is 18.8 Å².